The monoisotopic (exact) mass is 305 g/mol. The van der Waals surface area contributed by atoms with E-state index in [4.69, 9.17) is 10.5 Å². The molecule has 1 aromatic heterocycles. The minimum Gasteiger partial charge on any atom is -0.399 e. The number of nitrogen functional groups attached to an aromatic ring is 1. The van der Waals surface area contributed by atoms with Crippen molar-refractivity contribution in [1.29, 1.82) is 0 Å². The highest BCUT2D eigenvalue weighted by Crippen LogP contribution is 2.26. The summed E-state index contributed by atoms with van der Waals surface area (Å²) in [5.41, 5.74) is 11.0. The van der Waals surface area contributed by atoms with Gasteiger partial charge in [0.2, 0.25) is 0 Å². The normalized spacial score (nSPS) is 15.0. The van der Waals surface area contributed by atoms with Crippen molar-refractivity contribution in [3.63, 3.8) is 0 Å². The second-order valence-electron chi connectivity index (χ2n) is 5.82. The Kier molecular flexibility index (Phi) is 3.60. The molecule has 0 spiro atoms. The third-order valence-electron chi connectivity index (χ3n) is 4.29. The van der Waals surface area contributed by atoms with E-state index in [9.17, 15) is 0 Å². The van der Waals surface area contributed by atoms with E-state index in [-0.39, 0.29) is 0 Å². The van der Waals surface area contributed by atoms with E-state index in [1.165, 1.54) is 11.3 Å². The van der Waals surface area contributed by atoms with Crippen molar-refractivity contribution in [1.82, 2.24) is 4.98 Å². The molecule has 1 aliphatic heterocycles. The molecule has 116 valence electrons. The molecule has 4 heteroatoms. The average Bonchev–Trinajstić information content (AvgIpc) is 2.62. The number of hydrogen-bond donors (Lipinski definition) is 1. The third kappa shape index (κ3) is 2.85. The minimum absolute atomic E-state index is 0.743. The predicted molar refractivity (Wildman–Crippen MR) is 94.6 cm³/mol. The first kappa shape index (κ1) is 14.0. The third-order valence-corrected chi connectivity index (χ3v) is 4.29. The van der Waals surface area contributed by atoms with Gasteiger partial charge in [0.25, 0.3) is 0 Å². The summed E-state index contributed by atoms with van der Waals surface area (Å²) in [6.07, 6.45) is 1.91. The number of hydrogen-bond acceptors (Lipinski definition) is 4. The summed E-state index contributed by atoms with van der Waals surface area (Å²) in [5, 5.41) is 1.11. The molecule has 0 atom stereocenters. The lowest BCUT2D eigenvalue weighted by Crippen LogP contribution is -2.36. The number of aromatic nitrogens is 1. The van der Waals surface area contributed by atoms with E-state index in [1.807, 2.05) is 24.4 Å². The Hall–Kier alpha value is -2.59. The Labute approximate surface area is 135 Å². The molecule has 0 amide bonds. The number of rotatable bonds is 2. The van der Waals surface area contributed by atoms with E-state index in [0.717, 1.165) is 48.5 Å². The van der Waals surface area contributed by atoms with E-state index in [2.05, 4.69) is 40.2 Å². The smallest absolute Gasteiger partial charge is 0.0722 e. The van der Waals surface area contributed by atoms with Crippen molar-refractivity contribution in [2.45, 2.75) is 0 Å². The molecule has 1 aliphatic rings. The zero-order valence-electron chi connectivity index (χ0n) is 12.9. The Morgan fingerprint density at radius 2 is 1.70 bits per heavy atom. The Morgan fingerprint density at radius 1 is 0.913 bits per heavy atom. The SMILES string of the molecule is Nc1ccc2cc(-c3ccc(N4CCOCC4)cc3)cnc2c1. The number of nitrogens with two attached hydrogens (primary N) is 1. The molecule has 2 aromatic carbocycles. The van der Waals surface area contributed by atoms with E-state index in [1.54, 1.807) is 0 Å². The van der Waals surface area contributed by atoms with Gasteiger partial charge in [-0.15, -0.1) is 0 Å². The molecule has 2 heterocycles. The molecule has 1 saturated heterocycles. The van der Waals surface area contributed by atoms with Gasteiger partial charge in [-0.25, -0.2) is 0 Å². The van der Waals surface area contributed by atoms with Crippen LogP contribution >= 0.6 is 0 Å². The second-order valence-corrected chi connectivity index (χ2v) is 5.82. The van der Waals surface area contributed by atoms with Crippen LogP contribution in [0.1, 0.15) is 0 Å². The van der Waals surface area contributed by atoms with Crippen LogP contribution < -0.4 is 10.6 Å². The fourth-order valence-corrected chi connectivity index (χ4v) is 2.98. The van der Waals surface area contributed by atoms with Crippen LogP contribution in [0.4, 0.5) is 11.4 Å². The maximum atomic E-state index is 5.81. The van der Waals surface area contributed by atoms with E-state index >= 15 is 0 Å². The molecular weight excluding hydrogens is 286 g/mol. The van der Waals surface area contributed by atoms with E-state index < -0.39 is 0 Å². The van der Waals surface area contributed by atoms with Crippen molar-refractivity contribution in [2.75, 3.05) is 36.9 Å². The number of nitrogens with zero attached hydrogens (tertiary/aromatic N) is 2. The van der Waals surface area contributed by atoms with Crippen molar-refractivity contribution in [3.8, 4) is 11.1 Å². The Balaban J connectivity index is 1.63. The summed E-state index contributed by atoms with van der Waals surface area (Å²) >= 11 is 0. The number of morpholine rings is 1. The van der Waals surface area contributed by atoms with Crippen LogP contribution in [0, 0.1) is 0 Å². The van der Waals surface area contributed by atoms with Crippen molar-refractivity contribution < 1.29 is 4.74 Å². The summed E-state index contributed by atoms with van der Waals surface area (Å²) in [6, 6.07) is 16.7. The van der Waals surface area contributed by atoms with Gasteiger partial charge >= 0.3 is 0 Å². The highest BCUT2D eigenvalue weighted by Gasteiger charge is 2.11. The van der Waals surface area contributed by atoms with Crippen LogP contribution in [0.3, 0.4) is 0 Å². The van der Waals surface area contributed by atoms with Crippen LogP contribution in [0.2, 0.25) is 0 Å². The summed E-state index contributed by atoms with van der Waals surface area (Å²) in [4.78, 5) is 6.88. The number of benzene rings is 2. The lowest BCUT2D eigenvalue weighted by molar-refractivity contribution is 0.122. The number of anilines is 2. The van der Waals surface area contributed by atoms with Crippen molar-refractivity contribution in [3.05, 3.63) is 54.7 Å². The minimum atomic E-state index is 0.743. The predicted octanol–water partition coefficient (Wildman–Crippen LogP) is 3.32. The average molecular weight is 305 g/mol. The van der Waals surface area contributed by atoms with Crippen LogP contribution in [0.5, 0.6) is 0 Å². The fraction of sp³-hybridized carbons (Fsp3) is 0.211. The molecule has 0 saturated carbocycles. The Morgan fingerprint density at radius 3 is 2.48 bits per heavy atom. The molecule has 0 unspecified atom stereocenters. The summed E-state index contributed by atoms with van der Waals surface area (Å²) < 4.78 is 5.40. The van der Waals surface area contributed by atoms with Gasteiger partial charge in [0.15, 0.2) is 0 Å². The summed E-state index contributed by atoms with van der Waals surface area (Å²) in [5.74, 6) is 0. The highest BCUT2D eigenvalue weighted by atomic mass is 16.5. The van der Waals surface area contributed by atoms with Crippen LogP contribution in [0.25, 0.3) is 22.0 Å². The largest absolute Gasteiger partial charge is 0.399 e. The van der Waals surface area contributed by atoms with Gasteiger partial charge in [0.1, 0.15) is 0 Å². The van der Waals surface area contributed by atoms with Crippen LogP contribution in [-0.2, 0) is 4.74 Å². The van der Waals surface area contributed by atoms with Gasteiger partial charge in [-0.1, -0.05) is 18.2 Å². The highest BCUT2D eigenvalue weighted by molar-refractivity contribution is 5.85. The van der Waals surface area contributed by atoms with Crippen LogP contribution in [-0.4, -0.2) is 31.3 Å². The summed E-state index contributed by atoms with van der Waals surface area (Å²) in [6.45, 7) is 3.52. The molecule has 1 fully saturated rings. The fourth-order valence-electron chi connectivity index (χ4n) is 2.98. The lowest BCUT2D eigenvalue weighted by Gasteiger charge is -2.28. The van der Waals surface area contributed by atoms with Gasteiger partial charge in [-0.2, -0.15) is 0 Å². The van der Waals surface area contributed by atoms with Gasteiger partial charge in [0.05, 0.1) is 18.7 Å². The van der Waals surface area contributed by atoms with Crippen molar-refractivity contribution >= 4 is 22.3 Å². The summed E-state index contributed by atoms with van der Waals surface area (Å²) in [7, 11) is 0. The van der Waals surface area contributed by atoms with Crippen molar-refractivity contribution in [2.24, 2.45) is 0 Å². The van der Waals surface area contributed by atoms with Gasteiger partial charge in [0, 0.05) is 41.6 Å². The maximum absolute atomic E-state index is 5.81. The molecule has 0 bridgehead atoms. The maximum Gasteiger partial charge on any atom is 0.0722 e. The topological polar surface area (TPSA) is 51.4 Å². The van der Waals surface area contributed by atoms with Gasteiger partial charge in [-0.3, -0.25) is 4.98 Å². The lowest BCUT2D eigenvalue weighted by atomic mass is 10.0. The molecule has 0 aliphatic carbocycles. The van der Waals surface area contributed by atoms with Gasteiger partial charge in [-0.05, 0) is 35.9 Å². The number of ether oxygens (including phenoxy) is 1. The number of fused-ring (bicyclic) bond motifs is 1. The molecule has 0 radical (unpaired) electrons. The number of pyridine rings is 1. The Bertz CT molecular complexity index is 824. The molecule has 3 aromatic rings. The van der Waals surface area contributed by atoms with E-state index in [0.29, 0.717) is 0 Å². The molecule has 23 heavy (non-hydrogen) atoms. The molecular formula is C19H19N3O. The zero-order chi connectivity index (χ0) is 15.6. The first-order valence-corrected chi connectivity index (χ1v) is 7.88. The first-order valence-electron chi connectivity index (χ1n) is 7.88. The quantitative estimate of drug-likeness (QED) is 0.738. The molecule has 4 nitrogen and oxygen atoms in total. The van der Waals surface area contributed by atoms with Crippen LogP contribution in [0.15, 0.2) is 54.7 Å². The molecule has 2 N–H and O–H groups in total. The zero-order valence-corrected chi connectivity index (χ0v) is 12.9. The first-order chi connectivity index (χ1) is 11.3. The van der Waals surface area contributed by atoms with Gasteiger partial charge < -0.3 is 15.4 Å². The standard InChI is InChI=1S/C19H19N3O/c20-17-4-1-15-11-16(13-21-19(15)12-17)14-2-5-18(6-3-14)22-7-9-23-10-8-22/h1-6,11-13H,7-10,20H2. The second kappa shape index (κ2) is 5.89. The molecule has 4 rings (SSSR count).